The van der Waals surface area contributed by atoms with Gasteiger partial charge in [-0.3, -0.25) is 0 Å². The monoisotopic (exact) mass is 266 g/mol. The lowest BCUT2D eigenvalue weighted by atomic mass is 10.1. The van der Waals surface area contributed by atoms with E-state index < -0.39 is 0 Å². The first-order valence-electron chi connectivity index (χ1n) is 5.43. The summed E-state index contributed by atoms with van der Waals surface area (Å²) >= 11 is 5.90. The van der Waals surface area contributed by atoms with E-state index in [-0.39, 0.29) is 5.82 Å². The number of hydrogen-bond acceptors (Lipinski definition) is 3. The van der Waals surface area contributed by atoms with Crippen molar-refractivity contribution in [3.63, 3.8) is 0 Å². The molecule has 5 heteroatoms. The number of ether oxygens (including phenoxy) is 1. The number of hydrogen-bond donors (Lipinski definition) is 0. The van der Waals surface area contributed by atoms with Crippen molar-refractivity contribution in [2.24, 2.45) is 0 Å². The highest BCUT2D eigenvalue weighted by atomic mass is 35.5. The number of halogens is 2. The van der Waals surface area contributed by atoms with Crippen molar-refractivity contribution in [1.29, 1.82) is 0 Å². The third-order valence-electron chi connectivity index (χ3n) is 2.34. The molecule has 0 unspecified atom stereocenters. The molecule has 2 rings (SSSR count). The molecule has 0 saturated heterocycles. The van der Waals surface area contributed by atoms with Crippen LogP contribution in [0.3, 0.4) is 0 Å². The number of benzene rings is 1. The number of rotatable bonds is 4. The summed E-state index contributed by atoms with van der Waals surface area (Å²) in [5, 5.41) is 0.364. The average molecular weight is 267 g/mol. The normalized spacial score (nSPS) is 10.6. The highest BCUT2D eigenvalue weighted by Crippen LogP contribution is 2.12. The van der Waals surface area contributed by atoms with Gasteiger partial charge in [0.05, 0.1) is 12.3 Å². The standard InChI is InChI=1S/C13H12ClFN2O/c1-18-8-11-7-12(14)17-13(16-11)6-9-3-2-4-10(15)5-9/h2-5,7H,6,8H2,1H3. The highest BCUT2D eigenvalue weighted by Gasteiger charge is 2.05. The van der Waals surface area contributed by atoms with Crippen LogP contribution in [0, 0.1) is 5.82 Å². The molecule has 1 aromatic carbocycles. The van der Waals surface area contributed by atoms with E-state index in [0.717, 1.165) is 5.56 Å². The molecule has 3 nitrogen and oxygen atoms in total. The van der Waals surface area contributed by atoms with E-state index in [2.05, 4.69) is 9.97 Å². The lowest BCUT2D eigenvalue weighted by Gasteiger charge is -2.05. The van der Waals surface area contributed by atoms with Gasteiger partial charge in [-0.2, -0.15) is 0 Å². The quantitative estimate of drug-likeness (QED) is 0.798. The summed E-state index contributed by atoms with van der Waals surface area (Å²) < 4.78 is 18.1. The zero-order valence-corrected chi connectivity index (χ0v) is 10.6. The average Bonchev–Trinajstić information content (AvgIpc) is 2.28. The van der Waals surface area contributed by atoms with Crippen molar-refractivity contribution in [3.05, 3.63) is 58.4 Å². The van der Waals surface area contributed by atoms with E-state index in [1.807, 2.05) is 6.07 Å². The van der Waals surface area contributed by atoms with E-state index in [4.69, 9.17) is 16.3 Å². The minimum Gasteiger partial charge on any atom is -0.378 e. The van der Waals surface area contributed by atoms with E-state index in [1.54, 1.807) is 19.2 Å². The first-order valence-corrected chi connectivity index (χ1v) is 5.81. The predicted molar refractivity (Wildman–Crippen MR) is 67.0 cm³/mol. The van der Waals surface area contributed by atoms with Gasteiger partial charge in [0, 0.05) is 13.5 Å². The SMILES string of the molecule is COCc1cc(Cl)nc(Cc2cccc(F)c2)n1. The van der Waals surface area contributed by atoms with Crippen molar-refractivity contribution in [2.45, 2.75) is 13.0 Å². The fraction of sp³-hybridized carbons (Fsp3) is 0.231. The molecule has 1 aromatic heterocycles. The van der Waals surface area contributed by atoms with Gasteiger partial charge < -0.3 is 4.74 Å². The summed E-state index contributed by atoms with van der Waals surface area (Å²) in [5.74, 6) is 0.284. The third kappa shape index (κ3) is 3.48. The fourth-order valence-electron chi connectivity index (χ4n) is 1.65. The maximum Gasteiger partial charge on any atom is 0.134 e. The molecule has 2 aromatic rings. The second kappa shape index (κ2) is 5.89. The lowest BCUT2D eigenvalue weighted by molar-refractivity contribution is 0.181. The summed E-state index contributed by atoms with van der Waals surface area (Å²) in [7, 11) is 1.59. The Morgan fingerprint density at radius 1 is 1.28 bits per heavy atom. The molecule has 0 radical (unpaired) electrons. The number of aromatic nitrogens is 2. The van der Waals surface area contributed by atoms with Gasteiger partial charge in [0.2, 0.25) is 0 Å². The second-order valence-corrected chi connectivity index (χ2v) is 4.23. The number of nitrogens with zero attached hydrogens (tertiary/aromatic N) is 2. The molecule has 0 N–H and O–H groups in total. The minimum absolute atomic E-state index is 0.272. The van der Waals surface area contributed by atoms with Crippen LogP contribution in [0.4, 0.5) is 4.39 Å². The van der Waals surface area contributed by atoms with Crippen LogP contribution in [0.1, 0.15) is 17.1 Å². The summed E-state index contributed by atoms with van der Waals surface area (Å²) in [6.07, 6.45) is 0.440. The van der Waals surface area contributed by atoms with Crippen molar-refractivity contribution in [2.75, 3.05) is 7.11 Å². The molecule has 0 amide bonds. The third-order valence-corrected chi connectivity index (χ3v) is 2.53. The van der Waals surface area contributed by atoms with Gasteiger partial charge in [-0.15, -0.1) is 0 Å². The Kier molecular flexibility index (Phi) is 4.23. The summed E-state index contributed by atoms with van der Waals surface area (Å²) in [4.78, 5) is 8.42. The van der Waals surface area contributed by atoms with Gasteiger partial charge in [0.15, 0.2) is 0 Å². The Labute approximate surface area is 110 Å². The van der Waals surface area contributed by atoms with Gasteiger partial charge >= 0.3 is 0 Å². The van der Waals surface area contributed by atoms with Crippen LogP contribution >= 0.6 is 11.6 Å². The Bertz CT molecular complexity index is 548. The first kappa shape index (κ1) is 12.9. The predicted octanol–water partition coefficient (Wildman–Crippen LogP) is 3.01. The van der Waals surface area contributed by atoms with Crippen LogP contribution in [-0.4, -0.2) is 17.1 Å². The molecule has 1 heterocycles. The zero-order valence-electron chi connectivity index (χ0n) is 9.86. The van der Waals surface area contributed by atoms with Crippen molar-refractivity contribution < 1.29 is 9.13 Å². The molecule has 0 aliphatic heterocycles. The largest absolute Gasteiger partial charge is 0.378 e. The van der Waals surface area contributed by atoms with Crippen LogP contribution in [-0.2, 0) is 17.8 Å². The van der Waals surface area contributed by atoms with Gasteiger partial charge in [-0.25, -0.2) is 14.4 Å². The fourth-order valence-corrected chi connectivity index (χ4v) is 1.87. The summed E-state index contributed by atoms with van der Waals surface area (Å²) in [5.41, 5.74) is 1.52. The molecule has 0 saturated carbocycles. The van der Waals surface area contributed by atoms with E-state index in [9.17, 15) is 4.39 Å². The first-order chi connectivity index (χ1) is 8.67. The van der Waals surface area contributed by atoms with Gasteiger partial charge in [-0.1, -0.05) is 23.7 Å². The lowest BCUT2D eigenvalue weighted by Crippen LogP contribution is -2.02. The van der Waals surface area contributed by atoms with Crippen LogP contribution in [0.2, 0.25) is 5.15 Å². The minimum atomic E-state index is -0.272. The Hall–Kier alpha value is -1.52. The van der Waals surface area contributed by atoms with Crippen molar-refractivity contribution >= 4 is 11.6 Å². The van der Waals surface area contributed by atoms with Gasteiger partial charge in [0.25, 0.3) is 0 Å². The number of methoxy groups -OCH3 is 1. The molecule has 0 spiro atoms. The Balaban J connectivity index is 2.23. The van der Waals surface area contributed by atoms with Crippen LogP contribution < -0.4 is 0 Å². The van der Waals surface area contributed by atoms with Crippen molar-refractivity contribution in [1.82, 2.24) is 9.97 Å². The van der Waals surface area contributed by atoms with Gasteiger partial charge in [0.1, 0.15) is 16.8 Å². The van der Waals surface area contributed by atoms with E-state index in [0.29, 0.717) is 29.7 Å². The Morgan fingerprint density at radius 3 is 2.83 bits per heavy atom. The van der Waals surface area contributed by atoms with Gasteiger partial charge in [-0.05, 0) is 23.8 Å². The van der Waals surface area contributed by atoms with E-state index >= 15 is 0 Å². The highest BCUT2D eigenvalue weighted by molar-refractivity contribution is 6.29. The molecule has 18 heavy (non-hydrogen) atoms. The topological polar surface area (TPSA) is 35.0 Å². The molecule has 0 aliphatic rings. The molecule has 94 valence electrons. The molecule has 0 bridgehead atoms. The van der Waals surface area contributed by atoms with E-state index in [1.165, 1.54) is 12.1 Å². The maximum absolute atomic E-state index is 13.1. The van der Waals surface area contributed by atoms with Crippen LogP contribution in [0.5, 0.6) is 0 Å². The molecular formula is C13H12ClFN2O. The molecular weight excluding hydrogens is 255 g/mol. The summed E-state index contributed by atoms with van der Waals surface area (Å²) in [6.45, 7) is 0.373. The zero-order chi connectivity index (χ0) is 13.0. The summed E-state index contributed by atoms with van der Waals surface area (Å²) in [6, 6.07) is 7.99. The second-order valence-electron chi connectivity index (χ2n) is 3.84. The molecule has 0 aliphatic carbocycles. The molecule has 0 atom stereocenters. The smallest absolute Gasteiger partial charge is 0.134 e. The Morgan fingerprint density at radius 2 is 2.11 bits per heavy atom. The van der Waals surface area contributed by atoms with Crippen LogP contribution in [0.25, 0.3) is 0 Å². The molecule has 0 fully saturated rings. The maximum atomic E-state index is 13.1. The van der Waals surface area contributed by atoms with Crippen molar-refractivity contribution in [3.8, 4) is 0 Å². The van der Waals surface area contributed by atoms with Crippen LogP contribution in [0.15, 0.2) is 30.3 Å².